The summed E-state index contributed by atoms with van der Waals surface area (Å²) in [6.45, 7) is 0.168. The van der Waals surface area contributed by atoms with Crippen molar-refractivity contribution in [1.82, 2.24) is 24.9 Å². The summed E-state index contributed by atoms with van der Waals surface area (Å²) in [5.74, 6) is -0.808. The molecule has 1 saturated heterocycles. The van der Waals surface area contributed by atoms with Crippen LogP contribution in [-0.2, 0) is 14.8 Å². The minimum absolute atomic E-state index is 0.109. The number of halogens is 1. The third-order valence-electron chi connectivity index (χ3n) is 5.17. The molecule has 32 heavy (non-hydrogen) atoms. The molecule has 0 aliphatic carbocycles. The standard InChI is InChI=1S/C21H20ClN5O4S/c22-17-11-24-9-14-3-1-5-18(20(14)17)32(30,31)27-8-6-16(13-27)26-19(28)12-25-21(29)15-4-2-7-23-10-15/h1-5,7,9-11,16H,6,8,12-13H2,(H,25,29)(H,26,28)/t16-/m1/s1. The van der Waals surface area contributed by atoms with Gasteiger partial charge in [-0.15, -0.1) is 0 Å². The zero-order valence-corrected chi connectivity index (χ0v) is 18.4. The van der Waals surface area contributed by atoms with E-state index >= 15 is 0 Å². The maximum Gasteiger partial charge on any atom is 0.253 e. The van der Waals surface area contributed by atoms with E-state index in [1.54, 1.807) is 36.7 Å². The smallest absolute Gasteiger partial charge is 0.253 e. The van der Waals surface area contributed by atoms with Crippen LogP contribution in [0.3, 0.4) is 0 Å². The highest BCUT2D eigenvalue weighted by Crippen LogP contribution is 2.32. The van der Waals surface area contributed by atoms with E-state index in [4.69, 9.17) is 11.6 Å². The molecule has 0 unspecified atom stereocenters. The van der Waals surface area contributed by atoms with Crippen LogP contribution in [0.1, 0.15) is 16.8 Å². The number of aromatic nitrogens is 2. The van der Waals surface area contributed by atoms with Crippen LogP contribution in [0, 0.1) is 0 Å². The van der Waals surface area contributed by atoms with Crippen LogP contribution in [0.25, 0.3) is 10.8 Å². The number of carbonyl (C=O) groups is 2. The van der Waals surface area contributed by atoms with Gasteiger partial charge in [0.1, 0.15) is 0 Å². The Balaban J connectivity index is 1.39. The molecule has 2 aromatic heterocycles. The van der Waals surface area contributed by atoms with Crippen molar-refractivity contribution in [2.45, 2.75) is 17.4 Å². The maximum absolute atomic E-state index is 13.3. The first-order valence-corrected chi connectivity index (χ1v) is 11.7. The van der Waals surface area contributed by atoms with Crippen molar-refractivity contribution in [3.05, 3.63) is 65.7 Å². The SMILES string of the molecule is O=C(CNC(=O)c1cccnc1)N[C@@H]1CCN(S(=O)(=O)c2cccc3cncc(Cl)c23)C1. The van der Waals surface area contributed by atoms with Crippen molar-refractivity contribution in [2.75, 3.05) is 19.6 Å². The van der Waals surface area contributed by atoms with Gasteiger partial charge < -0.3 is 10.6 Å². The number of sulfonamides is 1. The summed E-state index contributed by atoms with van der Waals surface area (Å²) >= 11 is 6.24. The Morgan fingerprint density at radius 1 is 1.12 bits per heavy atom. The fourth-order valence-corrected chi connectivity index (χ4v) is 5.68. The van der Waals surface area contributed by atoms with Crippen LogP contribution in [0.5, 0.6) is 0 Å². The lowest BCUT2D eigenvalue weighted by Gasteiger charge is -2.19. The first-order valence-electron chi connectivity index (χ1n) is 9.86. The normalized spacial score (nSPS) is 16.7. The van der Waals surface area contributed by atoms with Crippen LogP contribution in [0.4, 0.5) is 0 Å². The van der Waals surface area contributed by atoms with Crippen molar-refractivity contribution >= 4 is 44.2 Å². The molecule has 0 radical (unpaired) electrons. The molecule has 166 valence electrons. The third-order valence-corrected chi connectivity index (χ3v) is 7.36. The van der Waals surface area contributed by atoms with Crippen LogP contribution < -0.4 is 10.6 Å². The van der Waals surface area contributed by atoms with Crippen molar-refractivity contribution in [3.63, 3.8) is 0 Å². The highest BCUT2D eigenvalue weighted by atomic mass is 35.5. The molecule has 1 aliphatic rings. The predicted molar refractivity (Wildman–Crippen MR) is 119 cm³/mol. The number of nitrogens with one attached hydrogen (secondary N) is 2. The molecule has 1 aliphatic heterocycles. The van der Waals surface area contributed by atoms with Gasteiger partial charge in [0.15, 0.2) is 0 Å². The number of hydrogen-bond donors (Lipinski definition) is 2. The molecule has 11 heteroatoms. The van der Waals surface area contributed by atoms with E-state index in [-0.39, 0.29) is 35.6 Å². The molecule has 3 aromatic rings. The summed E-state index contributed by atoms with van der Waals surface area (Å²) in [4.78, 5) is 32.3. The number of benzene rings is 1. The molecule has 2 amide bonds. The van der Waals surface area contributed by atoms with E-state index in [0.717, 1.165) is 0 Å². The lowest BCUT2D eigenvalue weighted by molar-refractivity contribution is -0.120. The Morgan fingerprint density at radius 2 is 1.97 bits per heavy atom. The fourth-order valence-electron chi connectivity index (χ4n) is 3.62. The molecule has 1 aromatic carbocycles. The monoisotopic (exact) mass is 473 g/mol. The average Bonchev–Trinajstić information content (AvgIpc) is 3.27. The van der Waals surface area contributed by atoms with E-state index in [1.165, 1.54) is 22.8 Å². The average molecular weight is 474 g/mol. The van der Waals surface area contributed by atoms with E-state index in [2.05, 4.69) is 20.6 Å². The minimum atomic E-state index is -3.83. The van der Waals surface area contributed by atoms with Gasteiger partial charge in [0.2, 0.25) is 15.9 Å². The number of hydrogen-bond acceptors (Lipinski definition) is 6. The van der Waals surface area contributed by atoms with E-state index in [0.29, 0.717) is 22.8 Å². The largest absolute Gasteiger partial charge is 0.350 e. The van der Waals surface area contributed by atoms with Gasteiger partial charge in [-0.3, -0.25) is 19.6 Å². The Labute approximate surface area is 189 Å². The number of amides is 2. The van der Waals surface area contributed by atoms with Gasteiger partial charge in [0, 0.05) is 54.7 Å². The van der Waals surface area contributed by atoms with Gasteiger partial charge in [-0.1, -0.05) is 23.7 Å². The lowest BCUT2D eigenvalue weighted by Crippen LogP contribution is -2.43. The second-order valence-electron chi connectivity index (χ2n) is 7.32. The number of carbonyl (C=O) groups excluding carboxylic acids is 2. The zero-order valence-electron chi connectivity index (χ0n) is 16.9. The van der Waals surface area contributed by atoms with Crippen LogP contribution in [-0.4, -0.2) is 60.2 Å². The second-order valence-corrected chi connectivity index (χ2v) is 9.63. The first kappa shape index (κ1) is 22.1. The molecule has 3 heterocycles. The summed E-state index contributed by atoms with van der Waals surface area (Å²) in [5.41, 5.74) is 0.349. The summed E-state index contributed by atoms with van der Waals surface area (Å²) in [5, 5.41) is 6.62. The molecule has 0 bridgehead atoms. The maximum atomic E-state index is 13.3. The highest BCUT2D eigenvalue weighted by molar-refractivity contribution is 7.89. The molecule has 0 saturated carbocycles. The first-order chi connectivity index (χ1) is 15.4. The Hall–Kier alpha value is -3.08. The molecule has 2 N–H and O–H groups in total. The van der Waals surface area contributed by atoms with Crippen molar-refractivity contribution in [3.8, 4) is 0 Å². The highest BCUT2D eigenvalue weighted by Gasteiger charge is 2.34. The van der Waals surface area contributed by atoms with Crippen molar-refractivity contribution in [1.29, 1.82) is 0 Å². The van der Waals surface area contributed by atoms with E-state index in [1.807, 2.05) is 0 Å². The number of rotatable bonds is 6. The number of fused-ring (bicyclic) bond motifs is 1. The van der Waals surface area contributed by atoms with E-state index in [9.17, 15) is 18.0 Å². The summed E-state index contributed by atoms with van der Waals surface area (Å²) in [6.07, 6.45) is 6.39. The molecule has 1 atom stereocenters. The molecule has 1 fully saturated rings. The predicted octanol–water partition coefficient (Wildman–Crippen LogP) is 1.59. The molecular weight excluding hydrogens is 454 g/mol. The summed E-state index contributed by atoms with van der Waals surface area (Å²) in [6, 6.07) is 7.77. The molecule has 9 nitrogen and oxygen atoms in total. The van der Waals surface area contributed by atoms with Gasteiger partial charge in [0.25, 0.3) is 5.91 Å². The van der Waals surface area contributed by atoms with Crippen LogP contribution >= 0.6 is 11.6 Å². The topological polar surface area (TPSA) is 121 Å². The van der Waals surface area contributed by atoms with Crippen LogP contribution in [0.2, 0.25) is 5.02 Å². The minimum Gasteiger partial charge on any atom is -0.350 e. The van der Waals surface area contributed by atoms with Gasteiger partial charge in [-0.2, -0.15) is 4.31 Å². The van der Waals surface area contributed by atoms with Gasteiger partial charge in [0.05, 0.1) is 22.0 Å². The molecular formula is C21H20ClN5O4S. The zero-order chi connectivity index (χ0) is 22.7. The Kier molecular flexibility index (Phi) is 6.35. The Bertz CT molecular complexity index is 1260. The quantitative estimate of drug-likeness (QED) is 0.560. The summed E-state index contributed by atoms with van der Waals surface area (Å²) in [7, 11) is -3.83. The third kappa shape index (κ3) is 4.57. The van der Waals surface area contributed by atoms with Gasteiger partial charge in [-0.25, -0.2) is 8.42 Å². The van der Waals surface area contributed by atoms with Crippen molar-refractivity contribution in [2.24, 2.45) is 0 Å². The number of pyridine rings is 2. The number of nitrogens with zero attached hydrogens (tertiary/aromatic N) is 3. The lowest BCUT2D eigenvalue weighted by atomic mass is 10.2. The van der Waals surface area contributed by atoms with E-state index < -0.39 is 21.8 Å². The Morgan fingerprint density at radius 3 is 2.75 bits per heavy atom. The summed E-state index contributed by atoms with van der Waals surface area (Å²) < 4.78 is 27.9. The fraction of sp³-hybridized carbons (Fsp3) is 0.238. The van der Waals surface area contributed by atoms with Gasteiger partial charge in [-0.05, 0) is 24.6 Å². The van der Waals surface area contributed by atoms with Crippen molar-refractivity contribution < 1.29 is 18.0 Å². The van der Waals surface area contributed by atoms with Crippen LogP contribution in [0.15, 0.2) is 60.0 Å². The van der Waals surface area contributed by atoms with Gasteiger partial charge >= 0.3 is 0 Å². The molecule has 4 rings (SSSR count). The second kappa shape index (κ2) is 9.19. The molecule has 0 spiro atoms.